The Morgan fingerprint density at radius 3 is 2.40 bits per heavy atom. The highest BCUT2D eigenvalue weighted by atomic mass is 15.0. The average Bonchev–Trinajstić information content (AvgIpc) is 2.63. The van der Waals surface area contributed by atoms with Gasteiger partial charge in [0.1, 0.15) is 0 Å². The van der Waals surface area contributed by atoms with Crippen LogP contribution in [0.3, 0.4) is 0 Å². The van der Waals surface area contributed by atoms with E-state index in [1.165, 1.54) is 5.52 Å². The smallest absolute Gasteiger partial charge is 0.0881 e. The molecule has 2 heterocycles. The average molecular weight is 204 g/mol. The van der Waals surface area contributed by atoms with E-state index in [0.717, 1.165) is 5.52 Å². The lowest BCUT2D eigenvalue weighted by molar-refractivity contribution is 0.411. The van der Waals surface area contributed by atoms with Crippen molar-refractivity contribution < 1.29 is 0 Å². The van der Waals surface area contributed by atoms with E-state index < -0.39 is 0 Å². The maximum atomic E-state index is 4.29. The molecule has 0 saturated heterocycles. The molecule has 2 rings (SSSR count). The predicted molar refractivity (Wildman–Crippen MR) is 66.1 cm³/mol. The summed E-state index contributed by atoms with van der Waals surface area (Å²) < 4.78 is 2.25. The van der Waals surface area contributed by atoms with Gasteiger partial charge in [-0.3, -0.25) is 4.98 Å². The summed E-state index contributed by atoms with van der Waals surface area (Å²) in [5, 5.41) is 0. The van der Waals surface area contributed by atoms with Crippen molar-refractivity contribution in [3.63, 3.8) is 0 Å². The van der Waals surface area contributed by atoms with E-state index >= 15 is 0 Å². The molecule has 0 spiro atoms. The van der Waals surface area contributed by atoms with Gasteiger partial charge in [-0.15, -0.1) is 0 Å². The van der Waals surface area contributed by atoms with Gasteiger partial charge in [0.15, 0.2) is 0 Å². The third kappa shape index (κ3) is 2.38. The standard InChI is InChI=1S/C11H14N2.C2H6/c1-11(2,3)13-8-6-9-10(13)5-4-7-12-9;1-2/h4-8H,1-3H3;1-2H3. The topological polar surface area (TPSA) is 17.8 Å². The molecule has 0 aliphatic carbocycles. The van der Waals surface area contributed by atoms with Crippen molar-refractivity contribution in [2.45, 2.75) is 40.2 Å². The van der Waals surface area contributed by atoms with E-state index in [2.05, 4.69) is 48.7 Å². The van der Waals surface area contributed by atoms with Crippen molar-refractivity contribution >= 4 is 11.0 Å². The van der Waals surface area contributed by atoms with Crippen LogP contribution in [-0.4, -0.2) is 9.55 Å². The zero-order chi connectivity index (χ0) is 11.5. The number of aromatic nitrogens is 2. The second kappa shape index (κ2) is 4.47. The van der Waals surface area contributed by atoms with E-state index in [1.807, 2.05) is 26.1 Å². The van der Waals surface area contributed by atoms with Crippen LogP contribution >= 0.6 is 0 Å². The highest BCUT2D eigenvalue weighted by Gasteiger charge is 2.14. The highest BCUT2D eigenvalue weighted by Crippen LogP contribution is 2.21. The summed E-state index contributed by atoms with van der Waals surface area (Å²) in [6.45, 7) is 10.6. The number of hydrogen-bond acceptors (Lipinski definition) is 1. The normalized spacial score (nSPS) is 11.0. The van der Waals surface area contributed by atoms with Gasteiger partial charge in [-0.05, 0) is 39.0 Å². The minimum absolute atomic E-state index is 0.130. The third-order valence-electron chi connectivity index (χ3n) is 2.18. The fourth-order valence-corrected chi connectivity index (χ4v) is 1.55. The van der Waals surface area contributed by atoms with Crippen LogP contribution < -0.4 is 0 Å². The molecule has 82 valence electrons. The van der Waals surface area contributed by atoms with Gasteiger partial charge < -0.3 is 4.57 Å². The van der Waals surface area contributed by atoms with Gasteiger partial charge in [0.05, 0.1) is 11.0 Å². The summed E-state index contributed by atoms with van der Waals surface area (Å²) in [4.78, 5) is 4.29. The molecule has 0 atom stereocenters. The number of nitrogens with zero attached hydrogens (tertiary/aromatic N) is 2. The van der Waals surface area contributed by atoms with E-state index in [9.17, 15) is 0 Å². The molecule has 2 aromatic heterocycles. The zero-order valence-corrected chi connectivity index (χ0v) is 10.3. The molecule has 0 amide bonds. The Morgan fingerprint density at radius 2 is 1.80 bits per heavy atom. The highest BCUT2D eigenvalue weighted by molar-refractivity contribution is 5.75. The maximum Gasteiger partial charge on any atom is 0.0881 e. The molecular formula is C13H20N2. The van der Waals surface area contributed by atoms with Gasteiger partial charge in [-0.2, -0.15) is 0 Å². The van der Waals surface area contributed by atoms with Gasteiger partial charge in [0.2, 0.25) is 0 Å². The van der Waals surface area contributed by atoms with Gasteiger partial charge >= 0.3 is 0 Å². The summed E-state index contributed by atoms with van der Waals surface area (Å²) >= 11 is 0. The van der Waals surface area contributed by atoms with Crippen molar-refractivity contribution in [1.29, 1.82) is 0 Å². The molecule has 2 aromatic rings. The molecule has 0 aliphatic heterocycles. The second-order valence-electron chi connectivity index (χ2n) is 4.26. The fourth-order valence-electron chi connectivity index (χ4n) is 1.55. The minimum Gasteiger partial charge on any atom is -0.341 e. The first-order valence-corrected chi connectivity index (χ1v) is 5.51. The molecule has 0 radical (unpaired) electrons. The summed E-state index contributed by atoms with van der Waals surface area (Å²) in [6, 6.07) is 6.14. The molecule has 0 N–H and O–H groups in total. The van der Waals surface area contributed by atoms with Gasteiger partial charge in [-0.25, -0.2) is 0 Å². The first-order chi connectivity index (χ1) is 7.09. The molecule has 0 aliphatic rings. The molecule has 0 fully saturated rings. The summed E-state index contributed by atoms with van der Waals surface area (Å²) in [5.74, 6) is 0. The predicted octanol–water partition coefficient (Wildman–Crippen LogP) is 3.82. The maximum absolute atomic E-state index is 4.29. The van der Waals surface area contributed by atoms with Gasteiger partial charge in [0.25, 0.3) is 0 Å². The Kier molecular flexibility index (Phi) is 3.51. The van der Waals surface area contributed by atoms with Crippen LogP contribution in [0.4, 0.5) is 0 Å². The van der Waals surface area contributed by atoms with E-state index in [-0.39, 0.29) is 5.54 Å². The van der Waals surface area contributed by atoms with Crippen molar-refractivity contribution in [1.82, 2.24) is 9.55 Å². The van der Waals surface area contributed by atoms with E-state index in [4.69, 9.17) is 0 Å². The van der Waals surface area contributed by atoms with Crippen LogP contribution in [-0.2, 0) is 5.54 Å². The fraction of sp³-hybridized carbons (Fsp3) is 0.462. The van der Waals surface area contributed by atoms with Crippen molar-refractivity contribution in [2.75, 3.05) is 0 Å². The van der Waals surface area contributed by atoms with Crippen molar-refractivity contribution in [3.05, 3.63) is 30.6 Å². The number of rotatable bonds is 0. The van der Waals surface area contributed by atoms with Crippen molar-refractivity contribution in [2.24, 2.45) is 0 Å². The first kappa shape index (κ1) is 11.8. The summed E-state index contributed by atoms with van der Waals surface area (Å²) in [6.07, 6.45) is 3.92. The third-order valence-corrected chi connectivity index (χ3v) is 2.18. The van der Waals surface area contributed by atoms with E-state index in [1.54, 1.807) is 0 Å². The molecule has 0 unspecified atom stereocenters. The van der Waals surface area contributed by atoms with Crippen LogP contribution in [0.2, 0.25) is 0 Å². The second-order valence-corrected chi connectivity index (χ2v) is 4.26. The minimum atomic E-state index is 0.130. The van der Waals surface area contributed by atoms with Crippen LogP contribution in [0.5, 0.6) is 0 Å². The first-order valence-electron chi connectivity index (χ1n) is 5.51. The molecule has 2 nitrogen and oxygen atoms in total. The van der Waals surface area contributed by atoms with E-state index in [0.29, 0.717) is 0 Å². The Labute approximate surface area is 91.9 Å². The molecule has 2 heteroatoms. The number of fused-ring (bicyclic) bond motifs is 1. The van der Waals surface area contributed by atoms with Crippen LogP contribution in [0, 0.1) is 0 Å². The lowest BCUT2D eigenvalue weighted by Crippen LogP contribution is -2.20. The number of hydrogen-bond donors (Lipinski definition) is 0. The van der Waals surface area contributed by atoms with Gasteiger partial charge in [-0.1, -0.05) is 13.8 Å². The van der Waals surface area contributed by atoms with Gasteiger partial charge in [0, 0.05) is 17.9 Å². The Bertz CT molecular complexity index is 421. The van der Waals surface area contributed by atoms with Crippen molar-refractivity contribution in [3.8, 4) is 0 Å². The number of pyridine rings is 1. The lowest BCUT2D eigenvalue weighted by atomic mass is 10.1. The largest absolute Gasteiger partial charge is 0.341 e. The molecule has 0 aromatic carbocycles. The molecular weight excluding hydrogens is 184 g/mol. The Hall–Kier alpha value is -1.31. The monoisotopic (exact) mass is 204 g/mol. The molecule has 0 bridgehead atoms. The molecule has 0 saturated carbocycles. The summed E-state index contributed by atoms with van der Waals surface area (Å²) in [7, 11) is 0. The lowest BCUT2D eigenvalue weighted by Gasteiger charge is -2.22. The van der Waals surface area contributed by atoms with Crippen LogP contribution in [0.15, 0.2) is 30.6 Å². The SMILES string of the molecule is CC.CC(C)(C)n1ccc2ncccc21. The van der Waals surface area contributed by atoms with Crippen LogP contribution in [0.25, 0.3) is 11.0 Å². The molecule has 15 heavy (non-hydrogen) atoms. The zero-order valence-electron chi connectivity index (χ0n) is 10.3. The quantitative estimate of drug-likeness (QED) is 0.638. The van der Waals surface area contributed by atoms with Crippen LogP contribution in [0.1, 0.15) is 34.6 Å². The Balaban J connectivity index is 0.000000531. The summed E-state index contributed by atoms with van der Waals surface area (Å²) in [5.41, 5.74) is 2.40. The Morgan fingerprint density at radius 1 is 1.13 bits per heavy atom.